The molecule has 0 amide bonds. The Labute approximate surface area is 224 Å². The van der Waals surface area contributed by atoms with Crippen molar-refractivity contribution in [2.75, 3.05) is 25.1 Å². The van der Waals surface area contributed by atoms with Gasteiger partial charge in [0.05, 0.1) is 0 Å². The molecule has 0 heterocycles. The Bertz CT molecular complexity index is 988. The lowest BCUT2D eigenvalue weighted by Crippen LogP contribution is -2.55. The minimum Gasteiger partial charge on any atom is -0.396 e. The van der Waals surface area contributed by atoms with Gasteiger partial charge in [-0.1, -0.05) is 26.0 Å². The SMILES string of the molecule is CC(=O)[C@H]1CC[C@H]2[C@@H]3CCC4(C)CC(=O)CCC4C3[C@@H](c3ccc(N(C)CCCCCO)cc3)C[C@]12C. The van der Waals surface area contributed by atoms with Gasteiger partial charge in [-0.2, -0.15) is 0 Å². The number of anilines is 1. The number of unbranched alkanes of at least 4 members (excludes halogenated alkanes) is 2. The number of nitrogens with zero attached hydrogens (tertiary/aromatic N) is 1. The van der Waals surface area contributed by atoms with Gasteiger partial charge < -0.3 is 10.0 Å². The molecule has 1 aromatic rings. The first-order valence-electron chi connectivity index (χ1n) is 15.1. The molecule has 4 fully saturated rings. The largest absolute Gasteiger partial charge is 0.396 e. The third-order valence-corrected chi connectivity index (χ3v) is 11.7. The van der Waals surface area contributed by atoms with Crippen molar-refractivity contribution in [1.29, 1.82) is 0 Å². The van der Waals surface area contributed by atoms with Crippen molar-refractivity contribution in [3.05, 3.63) is 29.8 Å². The van der Waals surface area contributed by atoms with Crippen LogP contribution in [0.15, 0.2) is 24.3 Å². The first-order chi connectivity index (χ1) is 17.7. The maximum Gasteiger partial charge on any atom is 0.133 e. The van der Waals surface area contributed by atoms with Gasteiger partial charge in [0.2, 0.25) is 0 Å². The molecule has 4 heteroatoms. The van der Waals surface area contributed by atoms with E-state index in [0.29, 0.717) is 41.2 Å². The van der Waals surface area contributed by atoms with Crippen molar-refractivity contribution >= 4 is 17.3 Å². The molecular weight excluding hydrogens is 458 g/mol. The normalized spacial score (nSPS) is 39.0. The predicted octanol–water partition coefficient (Wildman–Crippen LogP) is 6.80. The molecule has 0 radical (unpaired) electrons. The highest BCUT2D eigenvalue weighted by molar-refractivity contribution is 5.80. The lowest BCUT2D eigenvalue weighted by Gasteiger charge is -2.61. The van der Waals surface area contributed by atoms with E-state index in [9.17, 15) is 9.59 Å². The summed E-state index contributed by atoms with van der Waals surface area (Å²) in [5.74, 6) is 4.09. The van der Waals surface area contributed by atoms with Gasteiger partial charge >= 0.3 is 0 Å². The van der Waals surface area contributed by atoms with Crippen LogP contribution in [-0.2, 0) is 9.59 Å². The van der Waals surface area contributed by atoms with E-state index >= 15 is 0 Å². The summed E-state index contributed by atoms with van der Waals surface area (Å²) in [6, 6.07) is 9.36. The molecule has 5 rings (SSSR count). The van der Waals surface area contributed by atoms with Gasteiger partial charge in [-0.25, -0.2) is 0 Å². The van der Waals surface area contributed by atoms with E-state index in [4.69, 9.17) is 5.11 Å². The van der Waals surface area contributed by atoms with Crippen LogP contribution in [0.2, 0.25) is 0 Å². The number of benzene rings is 1. The zero-order valence-corrected chi connectivity index (χ0v) is 23.7. The maximum absolute atomic E-state index is 12.8. The van der Waals surface area contributed by atoms with E-state index in [1.165, 1.54) is 30.5 Å². The second-order valence-electron chi connectivity index (χ2n) is 13.8. The lowest BCUT2D eigenvalue weighted by molar-refractivity contribution is -0.142. The monoisotopic (exact) mass is 507 g/mol. The molecule has 0 bridgehead atoms. The lowest BCUT2D eigenvalue weighted by atomic mass is 9.43. The smallest absolute Gasteiger partial charge is 0.133 e. The average Bonchev–Trinajstić information content (AvgIpc) is 3.22. The maximum atomic E-state index is 12.8. The molecule has 1 N–H and O–H groups in total. The number of aliphatic hydroxyl groups excluding tert-OH is 1. The fourth-order valence-corrected chi connectivity index (χ4v) is 9.92. The summed E-state index contributed by atoms with van der Waals surface area (Å²) in [5, 5.41) is 9.06. The number of carbonyl (C=O) groups excluding carboxylic acids is 2. The molecule has 4 saturated carbocycles. The summed E-state index contributed by atoms with van der Waals surface area (Å²) < 4.78 is 0. The van der Waals surface area contributed by atoms with Gasteiger partial charge in [0.25, 0.3) is 0 Å². The molecule has 0 aromatic heterocycles. The van der Waals surface area contributed by atoms with Crippen LogP contribution < -0.4 is 4.90 Å². The number of ketones is 2. The van der Waals surface area contributed by atoms with Gasteiger partial charge in [0, 0.05) is 44.6 Å². The first kappa shape index (κ1) is 26.9. The fourth-order valence-electron chi connectivity index (χ4n) is 9.92. The average molecular weight is 508 g/mol. The Morgan fingerprint density at radius 2 is 1.78 bits per heavy atom. The van der Waals surface area contributed by atoms with E-state index < -0.39 is 0 Å². The molecule has 37 heavy (non-hydrogen) atoms. The van der Waals surface area contributed by atoms with Gasteiger partial charge in [0.15, 0.2) is 0 Å². The Morgan fingerprint density at radius 1 is 1.03 bits per heavy atom. The van der Waals surface area contributed by atoms with Crippen molar-refractivity contribution in [3.63, 3.8) is 0 Å². The highest BCUT2D eigenvalue weighted by atomic mass is 16.3. The van der Waals surface area contributed by atoms with Crippen LogP contribution in [0.1, 0.15) is 103 Å². The third kappa shape index (κ3) is 4.81. The molecule has 4 aliphatic rings. The summed E-state index contributed by atoms with van der Waals surface area (Å²) in [7, 11) is 2.16. The van der Waals surface area contributed by atoms with Gasteiger partial charge in [0.1, 0.15) is 11.6 Å². The molecule has 1 aromatic carbocycles. The van der Waals surface area contributed by atoms with Crippen LogP contribution in [-0.4, -0.2) is 36.9 Å². The van der Waals surface area contributed by atoms with Crippen molar-refractivity contribution in [1.82, 2.24) is 0 Å². The number of hydrogen-bond acceptors (Lipinski definition) is 4. The molecule has 0 saturated heterocycles. The van der Waals surface area contributed by atoms with Gasteiger partial charge in [-0.3, -0.25) is 9.59 Å². The number of fused-ring (bicyclic) bond motifs is 5. The molecule has 0 aliphatic heterocycles. The molecular formula is C33H49NO3. The van der Waals surface area contributed by atoms with Crippen LogP contribution in [0, 0.1) is 40.4 Å². The molecule has 0 spiro atoms. The Morgan fingerprint density at radius 3 is 2.49 bits per heavy atom. The summed E-state index contributed by atoms with van der Waals surface area (Å²) in [5.41, 5.74) is 2.94. The van der Waals surface area contributed by atoms with Gasteiger partial charge in [-0.15, -0.1) is 0 Å². The van der Waals surface area contributed by atoms with E-state index in [1.807, 2.05) is 6.92 Å². The van der Waals surface area contributed by atoms with E-state index in [0.717, 1.165) is 57.9 Å². The number of rotatable bonds is 8. The molecule has 4 aliphatic carbocycles. The van der Waals surface area contributed by atoms with E-state index in [2.05, 4.69) is 50.1 Å². The van der Waals surface area contributed by atoms with Crippen LogP contribution in [0.3, 0.4) is 0 Å². The van der Waals surface area contributed by atoms with Crippen molar-refractivity contribution in [3.8, 4) is 0 Å². The fraction of sp³-hybridized carbons (Fsp3) is 0.758. The molecule has 4 nitrogen and oxygen atoms in total. The Hall–Kier alpha value is -1.68. The minimum absolute atomic E-state index is 0.0953. The Kier molecular flexibility index (Phi) is 7.62. The highest BCUT2D eigenvalue weighted by Gasteiger charge is 2.62. The summed E-state index contributed by atoms with van der Waals surface area (Å²) in [6.45, 7) is 7.97. The summed E-state index contributed by atoms with van der Waals surface area (Å²) in [4.78, 5) is 27.7. The quantitative estimate of drug-likeness (QED) is 0.393. The van der Waals surface area contributed by atoms with E-state index in [-0.39, 0.29) is 23.4 Å². The van der Waals surface area contributed by atoms with Crippen molar-refractivity contribution < 1.29 is 14.7 Å². The number of carbonyl (C=O) groups is 2. The highest BCUT2D eigenvalue weighted by Crippen LogP contribution is 2.69. The van der Waals surface area contributed by atoms with Crippen LogP contribution >= 0.6 is 0 Å². The second kappa shape index (κ2) is 10.5. The van der Waals surface area contributed by atoms with Crippen LogP contribution in [0.25, 0.3) is 0 Å². The van der Waals surface area contributed by atoms with Crippen molar-refractivity contribution in [2.24, 2.45) is 40.4 Å². The molecule has 204 valence electrons. The third-order valence-electron chi connectivity index (χ3n) is 11.7. The topological polar surface area (TPSA) is 57.6 Å². The van der Waals surface area contributed by atoms with E-state index in [1.54, 1.807) is 0 Å². The van der Waals surface area contributed by atoms with Gasteiger partial charge in [-0.05, 0) is 123 Å². The molecule has 3 unspecified atom stereocenters. The second-order valence-corrected chi connectivity index (χ2v) is 13.8. The standard InChI is InChI=1S/C33H49NO3/c1-22(36)28-14-15-29-26-16-17-32(2)20-25(37)12-13-30(32)31(26)27(21-33(28,29)3)23-8-10-24(11-9-23)34(4)18-6-5-7-19-35/h8-11,26-31,35H,5-7,12-21H2,1-4H3/t26-,27+,28+,29-,30?,31?,32?,33+/m0/s1. The predicted molar refractivity (Wildman–Crippen MR) is 150 cm³/mol. The van der Waals surface area contributed by atoms with Crippen LogP contribution in [0.5, 0.6) is 0 Å². The number of Topliss-reactive ketones (excluding diaryl/α,β-unsaturated/α-hetero) is 2. The van der Waals surface area contributed by atoms with Crippen molar-refractivity contribution in [2.45, 2.75) is 97.3 Å². The van der Waals surface area contributed by atoms with Crippen LogP contribution in [0.4, 0.5) is 5.69 Å². The molecule has 8 atom stereocenters. The summed E-state index contributed by atoms with van der Waals surface area (Å²) in [6.07, 6.45) is 11.4. The minimum atomic E-state index is 0.0953. The zero-order chi connectivity index (χ0) is 26.4. The summed E-state index contributed by atoms with van der Waals surface area (Å²) >= 11 is 0. The zero-order valence-electron chi connectivity index (χ0n) is 23.7. The first-order valence-corrected chi connectivity index (χ1v) is 15.1. The number of hydrogen-bond donors (Lipinski definition) is 1. The number of aliphatic hydroxyl groups is 1. The Balaban J connectivity index is 1.45.